The van der Waals surface area contributed by atoms with E-state index in [1.807, 2.05) is 0 Å². The summed E-state index contributed by atoms with van der Waals surface area (Å²) >= 11 is 0. The number of aliphatic hydroxyl groups excluding tert-OH is 1. The fraction of sp³-hybridized carbons (Fsp3) is 0.565. The number of nitrogens with one attached hydrogen (secondary N) is 1. The smallest absolute Gasteiger partial charge is 0.391 e. The molecule has 1 aliphatic carbocycles. The van der Waals surface area contributed by atoms with Crippen LogP contribution in [0.4, 0.5) is 29.2 Å². The molecule has 0 radical (unpaired) electrons. The first-order chi connectivity index (χ1) is 17.1. The number of alkyl halides is 3. The van der Waals surface area contributed by atoms with Crippen molar-refractivity contribution in [3.63, 3.8) is 0 Å². The molecule has 0 bridgehead atoms. The minimum atomic E-state index is -4.53. The first-order valence-corrected chi connectivity index (χ1v) is 11.8. The van der Waals surface area contributed by atoms with Crippen molar-refractivity contribution in [2.24, 2.45) is 17.6 Å². The number of aliphatic hydroxyl groups is 1. The molecule has 5 rings (SSSR count). The highest BCUT2D eigenvalue weighted by Crippen LogP contribution is 2.63. The summed E-state index contributed by atoms with van der Waals surface area (Å²) in [7, 11) is 0. The molecule has 4 N–H and O–H groups in total. The van der Waals surface area contributed by atoms with E-state index in [1.54, 1.807) is 9.80 Å². The molecule has 2 aromatic heterocycles. The lowest BCUT2D eigenvalue weighted by Gasteiger charge is -2.35. The highest BCUT2D eigenvalue weighted by atomic mass is 19.4. The second kappa shape index (κ2) is 9.11. The molecular formula is C23H27F4N7O2. The number of aromatic nitrogens is 3. The molecule has 3 fully saturated rings. The van der Waals surface area contributed by atoms with Crippen LogP contribution in [0, 0.1) is 17.7 Å². The Kier molecular flexibility index (Phi) is 6.23. The average Bonchev–Trinajstić information content (AvgIpc) is 3.44. The lowest BCUT2D eigenvalue weighted by molar-refractivity contribution is -0.141. The highest BCUT2D eigenvalue weighted by molar-refractivity contribution is 5.75. The summed E-state index contributed by atoms with van der Waals surface area (Å²) in [5.41, 5.74) is 4.23. The zero-order valence-electron chi connectivity index (χ0n) is 19.4. The van der Waals surface area contributed by atoms with Crippen LogP contribution >= 0.6 is 0 Å². The van der Waals surface area contributed by atoms with Gasteiger partial charge in [-0.15, -0.1) is 0 Å². The summed E-state index contributed by atoms with van der Waals surface area (Å²) in [4.78, 5) is 26.5. The Hall–Kier alpha value is -3.06. The van der Waals surface area contributed by atoms with Crippen molar-refractivity contribution in [2.45, 2.75) is 37.1 Å². The van der Waals surface area contributed by atoms with Crippen molar-refractivity contribution >= 4 is 17.5 Å². The molecule has 3 aliphatic rings. The maximum absolute atomic E-state index is 15.6. The number of hydrogen-bond acceptors (Lipinski definition) is 8. The van der Waals surface area contributed by atoms with Gasteiger partial charge in [0.05, 0.1) is 18.2 Å². The summed E-state index contributed by atoms with van der Waals surface area (Å²) < 4.78 is 54.4. The number of carbonyl (C=O) groups is 1. The van der Waals surface area contributed by atoms with E-state index in [4.69, 9.17) is 5.73 Å². The maximum atomic E-state index is 15.6. The molecule has 2 aromatic rings. The number of pyridine rings is 1. The number of β-amino-alcohol motifs (C(OH)–C–C–N with tert-alkyl or cyclic N) is 1. The number of fused-ring (bicyclic) bond motifs is 1. The SMILES string of the molecule is NC(=O)CN1CC[C@@H](CNc2ncnc(N3CC[C@H]4C[C@]43c3ccc(C(F)(F)F)nc3)c2F)[C@H](O)C1. The predicted molar refractivity (Wildman–Crippen MR) is 121 cm³/mol. The van der Waals surface area contributed by atoms with Gasteiger partial charge in [-0.25, -0.2) is 9.97 Å². The van der Waals surface area contributed by atoms with Gasteiger partial charge in [0.2, 0.25) is 11.7 Å². The van der Waals surface area contributed by atoms with Gasteiger partial charge >= 0.3 is 6.18 Å². The Morgan fingerprint density at radius 2 is 2.03 bits per heavy atom. The van der Waals surface area contributed by atoms with Gasteiger partial charge in [-0.3, -0.25) is 14.7 Å². The fourth-order valence-electron chi connectivity index (χ4n) is 5.64. The second-order valence-corrected chi connectivity index (χ2v) is 9.75. The summed E-state index contributed by atoms with van der Waals surface area (Å²) in [5, 5.41) is 13.4. The molecule has 0 spiro atoms. The molecule has 0 aromatic carbocycles. The fourth-order valence-corrected chi connectivity index (χ4v) is 5.64. The van der Waals surface area contributed by atoms with Gasteiger partial charge in [-0.05, 0) is 43.4 Å². The zero-order chi connectivity index (χ0) is 25.7. The molecule has 2 aliphatic heterocycles. The van der Waals surface area contributed by atoms with Crippen LogP contribution in [-0.4, -0.2) is 69.7 Å². The van der Waals surface area contributed by atoms with Crippen LogP contribution in [0.15, 0.2) is 24.7 Å². The van der Waals surface area contributed by atoms with Gasteiger partial charge in [0.15, 0.2) is 11.6 Å². The number of likely N-dealkylation sites (tertiary alicyclic amines) is 1. The molecule has 194 valence electrons. The van der Waals surface area contributed by atoms with Crippen LogP contribution in [0.25, 0.3) is 0 Å². The normalized spacial score (nSPS) is 28.1. The quantitative estimate of drug-likeness (QED) is 0.483. The molecule has 9 nitrogen and oxygen atoms in total. The van der Waals surface area contributed by atoms with Crippen LogP contribution in [0.3, 0.4) is 0 Å². The predicted octanol–water partition coefficient (Wildman–Crippen LogP) is 1.73. The van der Waals surface area contributed by atoms with E-state index in [0.29, 0.717) is 38.0 Å². The third-order valence-electron chi connectivity index (χ3n) is 7.55. The Bertz CT molecular complexity index is 1130. The third kappa shape index (κ3) is 4.45. The van der Waals surface area contributed by atoms with Crippen LogP contribution in [-0.2, 0) is 16.5 Å². The lowest BCUT2D eigenvalue weighted by Crippen LogP contribution is -2.48. The number of carbonyl (C=O) groups excluding carboxylic acids is 1. The number of nitrogens with zero attached hydrogens (tertiary/aromatic N) is 5. The maximum Gasteiger partial charge on any atom is 0.433 e. The Morgan fingerprint density at radius 3 is 2.67 bits per heavy atom. The zero-order valence-corrected chi connectivity index (χ0v) is 19.4. The van der Waals surface area contributed by atoms with Gasteiger partial charge in [0, 0.05) is 31.7 Å². The van der Waals surface area contributed by atoms with Crippen molar-refractivity contribution < 1.29 is 27.5 Å². The summed E-state index contributed by atoms with van der Waals surface area (Å²) in [6.45, 7) is 1.74. The first kappa shape index (κ1) is 24.6. The van der Waals surface area contributed by atoms with Crippen LogP contribution < -0.4 is 16.0 Å². The van der Waals surface area contributed by atoms with Gasteiger partial charge in [0.25, 0.3) is 0 Å². The molecular weight excluding hydrogens is 482 g/mol. The largest absolute Gasteiger partial charge is 0.433 e. The van der Waals surface area contributed by atoms with E-state index < -0.39 is 35.2 Å². The first-order valence-electron chi connectivity index (χ1n) is 11.8. The Balaban J connectivity index is 1.30. The van der Waals surface area contributed by atoms with Gasteiger partial charge in [-0.1, -0.05) is 6.07 Å². The van der Waals surface area contributed by atoms with E-state index in [-0.39, 0.29) is 36.6 Å². The minimum absolute atomic E-state index is 0.00319. The third-order valence-corrected chi connectivity index (χ3v) is 7.55. The molecule has 2 saturated heterocycles. The summed E-state index contributed by atoms with van der Waals surface area (Å²) in [5.74, 6) is -1.01. The number of nitrogens with two attached hydrogens (primary N) is 1. The Labute approximate surface area is 204 Å². The van der Waals surface area contributed by atoms with Gasteiger partial charge in [0.1, 0.15) is 12.0 Å². The minimum Gasteiger partial charge on any atom is -0.391 e. The standard InChI is InChI=1S/C23H27F4N7O2/c24-19-20(30-8-13-3-5-33(10-16(13)35)11-18(28)36)31-12-32-21(19)34-6-4-14-7-22(14,34)15-1-2-17(29-9-15)23(25,26)27/h1-2,9,12-14,16,35H,3-8,10-11H2,(H2,28,36)(H,30,31,32)/t13-,14-,16+,22+/m0/s1. The van der Waals surface area contributed by atoms with Crippen LogP contribution in [0.2, 0.25) is 0 Å². The molecule has 1 amide bonds. The summed E-state index contributed by atoms with van der Waals surface area (Å²) in [6.07, 6.45) is -0.715. The number of halogens is 4. The van der Waals surface area contributed by atoms with Crippen molar-refractivity contribution in [1.29, 1.82) is 0 Å². The van der Waals surface area contributed by atoms with Crippen molar-refractivity contribution in [3.8, 4) is 0 Å². The number of piperidine rings is 2. The number of rotatable bonds is 7. The Morgan fingerprint density at radius 1 is 1.22 bits per heavy atom. The second-order valence-electron chi connectivity index (χ2n) is 9.75. The number of primary amides is 1. The van der Waals surface area contributed by atoms with E-state index in [9.17, 15) is 23.1 Å². The lowest BCUT2D eigenvalue weighted by atomic mass is 9.93. The van der Waals surface area contributed by atoms with Crippen LogP contribution in [0.1, 0.15) is 30.5 Å². The number of anilines is 2. The number of hydrogen-bond donors (Lipinski definition) is 3. The molecule has 0 unspecified atom stereocenters. The van der Waals surface area contributed by atoms with E-state index in [0.717, 1.165) is 12.5 Å². The van der Waals surface area contributed by atoms with Crippen LogP contribution in [0.5, 0.6) is 0 Å². The topological polar surface area (TPSA) is 120 Å². The molecule has 1 saturated carbocycles. The molecule has 4 heterocycles. The molecule has 36 heavy (non-hydrogen) atoms. The van der Waals surface area contributed by atoms with E-state index in [1.165, 1.54) is 18.6 Å². The summed E-state index contributed by atoms with van der Waals surface area (Å²) in [6, 6.07) is 2.37. The van der Waals surface area contributed by atoms with Gasteiger partial charge < -0.3 is 21.1 Å². The van der Waals surface area contributed by atoms with Crippen molar-refractivity contribution in [1.82, 2.24) is 19.9 Å². The van der Waals surface area contributed by atoms with Crippen molar-refractivity contribution in [2.75, 3.05) is 42.9 Å². The average molecular weight is 510 g/mol. The van der Waals surface area contributed by atoms with Gasteiger partial charge in [-0.2, -0.15) is 17.6 Å². The van der Waals surface area contributed by atoms with E-state index in [2.05, 4.69) is 20.3 Å². The monoisotopic (exact) mass is 509 g/mol. The molecule has 13 heteroatoms. The highest BCUT2D eigenvalue weighted by Gasteiger charge is 2.64. The number of amides is 1. The van der Waals surface area contributed by atoms with E-state index >= 15 is 4.39 Å². The molecule has 4 atom stereocenters. The van der Waals surface area contributed by atoms with Crippen molar-refractivity contribution in [3.05, 3.63) is 41.7 Å².